The Morgan fingerprint density at radius 1 is 1.16 bits per heavy atom. The largest absolute Gasteiger partial charge is 0.451 e. The lowest BCUT2D eigenvalue weighted by Gasteiger charge is -2.17. The Morgan fingerprint density at radius 3 is 2.72 bits per heavy atom. The zero-order valence-corrected chi connectivity index (χ0v) is 13.1. The average molecular weight is 352 g/mol. The summed E-state index contributed by atoms with van der Waals surface area (Å²) in [6.07, 6.45) is -4.25. The third-order valence-corrected chi connectivity index (χ3v) is 3.89. The Morgan fingerprint density at radius 2 is 1.96 bits per heavy atom. The number of furan rings is 1. The molecule has 1 aromatic carbocycles. The molecule has 0 saturated carbocycles. The lowest BCUT2D eigenvalue weighted by atomic mass is 10.1. The molecule has 2 aromatic rings. The van der Waals surface area contributed by atoms with Gasteiger partial charge in [0, 0.05) is 31.6 Å². The van der Waals surface area contributed by atoms with Crippen LogP contribution in [-0.4, -0.2) is 36.3 Å². The number of rotatable bonds is 2. The molecule has 0 unspecified atom stereocenters. The molecule has 3 rings (SSSR count). The quantitative estimate of drug-likeness (QED) is 0.904. The maximum atomic E-state index is 12.8. The molecule has 1 saturated heterocycles. The first-order valence-corrected chi connectivity index (χ1v) is 7.68. The van der Waals surface area contributed by atoms with Gasteiger partial charge in [-0.2, -0.15) is 13.2 Å². The fourth-order valence-electron chi connectivity index (χ4n) is 2.58. The zero-order valence-electron chi connectivity index (χ0n) is 13.1. The van der Waals surface area contributed by atoms with E-state index in [1.165, 1.54) is 29.2 Å². The third-order valence-electron chi connectivity index (χ3n) is 3.89. The van der Waals surface area contributed by atoms with Crippen molar-refractivity contribution < 1.29 is 27.2 Å². The fraction of sp³-hybridized carbons (Fsp3) is 0.294. The first-order valence-electron chi connectivity index (χ1n) is 7.68. The Labute approximate surface area is 141 Å². The van der Waals surface area contributed by atoms with E-state index in [1.807, 2.05) is 0 Å². The van der Waals surface area contributed by atoms with Gasteiger partial charge in [0.1, 0.15) is 5.76 Å². The summed E-state index contributed by atoms with van der Waals surface area (Å²) < 4.78 is 43.9. The predicted octanol–water partition coefficient (Wildman–Crippen LogP) is 2.93. The Bertz CT molecular complexity index is 798. The predicted molar refractivity (Wildman–Crippen MR) is 82.7 cm³/mol. The summed E-state index contributed by atoms with van der Waals surface area (Å²) in [5.41, 5.74) is -0.548. The van der Waals surface area contributed by atoms with E-state index in [0.29, 0.717) is 13.1 Å². The summed E-state index contributed by atoms with van der Waals surface area (Å²) in [4.78, 5) is 25.2. The monoisotopic (exact) mass is 352 g/mol. The Balaban J connectivity index is 1.80. The van der Waals surface area contributed by atoms with Crippen molar-refractivity contribution in [3.63, 3.8) is 0 Å². The van der Waals surface area contributed by atoms with Gasteiger partial charge < -0.3 is 14.6 Å². The summed E-state index contributed by atoms with van der Waals surface area (Å²) in [5, 5.41) is 2.66. The molecule has 25 heavy (non-hydrogen) atoms. The second kappa shape index (κ2) is 6.62. The van der Waals surface area contributed by atoms with Gasteiger partial charge in [-0.15, -0.1) is 0 Å². The van der Waals surface area contributed by atoms with Crippen molar-refractivity contribution in [3.05, 3.63) is 47.7 Å². The van der Waals surface area contributed by atoms with Gasteiger partial charge in [0.15, 0.2) is 5.76 Å². The normalized spacial score (nSPS) is 15.6. The topological polar surface area (TPSA) is 62.6 Å². The second-order valence-electron chi connectivity index (χ2n) is 5.63. The van der Waals surface area contributed by atoms with Gasteiger partial charge in [-0.25, -0.2) is 0 Å². The number of hydrogen-bond acceptors (Lipinski definition) is 3. The van der Waals surface area contributed by atoms with Crippen molar-refractivity contribution in [2.24, 2.45) is 0 Å². The molecule has 1 N–H and O–H groups in total. The lowest BCUT2D eigenvalue weighted by molar-refractivity contribution is -0.137. The smallest absolute Gasteiger partial charge is 0.416 e. The minimum absolute atomic E-state index is 0.0294. The van der Waals surface area contributed by atoms with Crippen LogP contribution in [0.2, 0.25) is 0 Å². The highest BCUT2D eigenvalue weighted by atomic mass is 19.4. The minimum atomic E-state index is -4.45. The van der Waals surface area contributed by atoms with Gasteiger partial charge in [-0.05, 0) is 24.3 Å². The van der Waals surface area contributed by atoms with Crippen molar-refractivity contribution in [2.75, 3.05) is 19.6 Å². The van der Waals surface area contributed by atoms with Gasteiger partial charge in [-0.3, -0.25) is 9.59 Å². The number of benzene rings is 1. The SMILES string of the molecule is O=C1CCN(C(=O)c2ccc(-c3cccc(C(F)(F)F)c3)o2)CCN1. The number of carbonyl (C=O) groups excluding carboxylic acids is 2. The van der Waals surface area contributed by atoms with Crippen LogP contribution in [0.15, 0.2) is 40.8 Å². The lowest BCUT2D eigenvalue weighted by Crippen LogP contribution is -2.33. The average Bonchev–Trinajstić information content (AvgIpc) is 2.97. The molecule has 0 spiro atoms. The van der Waals surface area contributed by atoms with Crippen LogP contribution in [0.5, 0.6) is 0 Å². The van der Waals surface area contributed by atoms with Gasteiger partial charge in [-0.1, -0.05) is 12.1 Å². The van der Waals surface area contributed by atoms with Crippen molar-refractivity contribution in [3.8, 4) is 11.3 Å². The molecule has 1 aliphatic heterocycles. The molecule has 2 heterocycles. The van der Waals surface area contributed by atoms with E-state index in [0.717, 1.165) is 12.1 Å². The molecule has 1 fully saturated rings. The molecule has 1 aliphatic rings. The second-order valence-corrected chi connectivity index (χ2v) is 5.63. The molecule has 132 valence electrons. The van der Waals surface area contributed by atoms with Crippen LogP contribution in [0, 0.1) is 0 Å². The Hall–Kier alpha value is -2.77. The number of carbonyl (C=O) groups is 2. The highest BCUT2D eigenvalue weighted by molar-refractivity contribution is 5.92. The first-order chi connectivity index (χ1) is 11.8. The fourth-order valence-corrected chi connectivity index (χ4v) is 2.58. The van der Waals surface area contributed by atoms with Crippen molar-refractivity contribution >= 4 is 11.8 Å². The number of nitrogens with one attached hydrogen (secondary N) is 1. The highest BCUT2D eigenvalue weighted by Crippen LogP contribution is 2.32. The van der Waals surface area contributed by atoms with Gasteiger partial charge in [0.25, 0.3) is 5.91 Å². The Kier molecular flexibility index (Phi) is 4.52. The van der Waals surface area contributed by atoms with Crippen LogP contribution in [0.4, 0.5) is 13.2 Å². The number of hydrogen-bond donors (Lipinski definition) is 1. The van der Waals surface area contributed by atoms with Gasteiger partial charge in [0.05, 0.1) is 5.56 Å². The van der Waals surface area contributed by atoms with Crippen molar-refractivity contribution in [1.29, 1.82) is 0 Å². The first kappa shape index (κ1) is 17.1. The summed E-state index contributed by atoms with van der Waals surface area (Å²) in [7, 11) is 0. The van der Waals surface area contributed by atoms with Crippen LogP contribution in [-0.2, 0) is 11.0 Å². The van der Waals surface area contributed by atoms with Crippen LogP contribution in [0.3, 0.4) is 0 Å². The van der Waals surface area contributed by atoms with Gasteiger partial charge in [0.2, 0.25) is 5.91 Å². The van der Waals surface area contributed by atoms with Crippen molar-refractivity contribution in [1.82, 2.24) is 10.2 Å². The van der Waals surface area contributed by atoms with Crippen molar-refractivity contribution in [2.45, 2.75) is 12.6 Å². The minimum Gasteiger partial charge on any atom is -0.451 e. The van der Waals surface area contributed by atoms with Crippen LogP contribution >= 0.6 is 0 Å². The summed E-state index contributed by atoms with van der Waals surface area (Å²) in [5.74, 6) is -0.311. The maximum Gasteiger partial charge on any atom is 0.416 e. The number of nitrogens with zero attached hydrogens (tertiary/aromatic N) is 1. The van der Waals surface area contributed by atoms with E-state index >= 15 is 0 Å². The molecule has 5 nitrogen and oxygen atoms in total. The molecular weight excluding hydrogens is 337 g/mol. The van der Waals surface area contributed by atoms with Crippen LogP contribution in [0.25, 0.3) is 11.3 Å². The van der Waals surface area contributed by atoms with Gasteiger partial charge >= 0.3 is 6.18 Å². The standard InChI is InChI=1S/C17H15F3N2O3/c18-17(19,20)12-3-1-2-11(10-12)13-4-5-14(25-13)16(24)22-8-6-15(23)21-7-9-22/h1-5,10H,6-9H2,(H,21,23). The number of amides is 2. The zero-order chi connectivity index (χ0) is 18.0. The van der Waals surface area contributed by atoms with E-state index in [1.54, 1.807) is 0 Å². The van der Waals surface area contributed by atoms with E-state index in [-0.39, 0.29) is 36.0 Å². The number of halogens is 3. The van der Waals surface area contributed by atoms with Crippen LogP contribution in [0.1, 0.15) is 22.5 Å². The van der Waals surface area contributed by atoms with E-state index < -0.39 is 17.6 Å². The molecule has 0 aliphatic carbocycles. The summed E-state index contributed by atoms with van der Waals surface area (Å²) >= 11 is 0. The van der Waals surface area contributed by atoms with E-state index in [9.17, 15) is 22.8 Å². The molecule has 0 bridgehead atoms. The van der Waals surface area contributed by atoms with E-state index in [4.69, 9.17) is 4.42 Å². The molecule has 8 heteroatoms. The molecular formula is C17H15F3N2O3. The molecule has 1 aromatic heterocycles. The van der Waals surface area contributed by atoms with E-state index in [2.05, 4.69) is 5.32 Å². The molecule has 2 amide bonds. The summed E-state index contributed by atoms with van der Waals surface area (Å²) in [6, 6.07) is 7.61. The summed E-state index contributed by atoms with van der Waals surface area (Å²) in [6.45, 7) is 0.972. The molecule has 0 atom stereocenters. The molecule has 0 radical (unpaired) electrons. The highest BCUT2D eigenvalue weighted by Gasteiger charge is 2.31. The van der Waals surface area contributed by atoms with Crippen LogP contribution < -0.4 is 5.32 Å². The number of alkyl halides is 3. The third kappa shape index (κ3) is 3.84. The maximum absolute atomic E-state index is 12.8.